The minimum atomic E-state index is -1.40. The maximum Gasteiger partial charge on any atom is 0.319 e. The molecule has 102 valence electrons. The molecule has 0 fully saturated rings. The van der Waals surface area contributed by atoms with Crippen LogP contribution in [0.2, 0.25) is 0 Å². The minimum Gasteiger partial charge on any atom is -0.480 e. The monoisotopic (exact) mass is 272 g/mol. The second kappa shape index (κ2) is 6.68. The fourth-order valence-electron chi connectivity index (χ4n) is 1.80. The first kappa shape index (κ1) is 14.9. The van der Waals surface area contributed by atoms with Crippen molar-refractivity contribution in [3.63, 3.8) is 0 Å². The van der Waals surface area contributed by atoms with Crippen molar-refractivity contribution >= 4 is 16.8 Å². The third kappa shape index (κ3) is 3.41. The van der Waals surface area contributed by atoms with E-state index in [-0.39, 0.29) is 5.75 Å². The predicted molar refractivity (Wildman–Crippen MR) is 70.8 cm³/mol. The number of carbonyl (C=O) groups is 1. The molecule has 0 aliphatic rings. The van der Waals surface area contributed by atoms with Gasteiger partial charge >= 0.3 is 5.97 Å². The summed E-state index contributed by atoms with van der Waals surface area (Å²) >= 11 is 0. The van der Waals surface area contributed by atoms with Gasteiger partial charge in [0, 0.05) is 17.3 Å². The van der Waals surface area contributed by atoms with Crippen LogP contribution in [0.25, 0.3) is 0 Å². The molecule has 0 radical (unpaired) electrons. The normalized spacial score (nSPS) is 14.4. The van der Waals surface area contributed by atoms with Crippen LogP contribution < -0.4 is 0 Å². The number of hydrogen-bond donors (Lipinski definition) is 1. The summed E-state index contributed by atoms with van der Waals surface area (Å²) in [6.45, 7) is 6.42. The van der Waals surface area contributed by atoms with Crippen LogP contribution in [0.5, 0.6) is 0 Å². The van der Waals surface area contributed by atoms with Crippen LogP contribution >= 0.6 is 0 Å². The van der Waals surface area contributed by atoms with Gasteiger partial charge in [-0.1, -0.05) is 13.8 Å². The molecule has 0 aromatic carbocycles. The van der Waals surface area contributed by atoms with E-state index >= 15 is 0 Å². The van der Waals surface area contributed by atoms with Crippen LogP contribution in [0.3, 0.4) is 0 Å². The Kier molecular flexibility index (Phi) is 5.53. The summed E-state index contributed by atoms with van der Waals surface area (Å²) in [5, 5.41) is 12.6. The average molecular weight is 272 g/mol. The lowest BCUT2D eigenvalue weighted by atomic mass is 10.3. The van der Waals surface area contributed by atoms with Crippen LogP contribution in [0.15, 0.2) is 6.07 Å². The number of carboxylic acids is 1. The maximum absolute atomic E-state index is 12.0. The number of aryl methyl sites for hydroxylation is 2. The van der Waals surface area contributed by atoms with Crippen molar-refractivity contribution in [1.82, 2.24) is 9.78 Å². The molecule has 1 aromatic heterocycles. The smallest absolute Gasteiger partial charge is 0.319 e. The number of hydrogen-bond acceptors (Lipinski definition) is 3. The molecule has 6 heteroatoms. The number of aliphatic carboxylic acids is 1. The van der Waals surface area contributed by atoms with E-state index < -0.39 is 22.0 Å². The lowest BCUT2D eigenvalue weighted by Crippen LogP contribution is -2.26. The first-order valence-corrected chi connectivity index (χ1v) is 7.57. The van der Waals surface area contributed by atoms with Crippen LogP contribution in [0, 0.1) is 0 Å². The number of carboxylic acid groups (broad SMARTS) is 1. The predicted octanol–water partition coefficient (Wildman–Crippen LogP) is 1.58. The third-order valence-electron chi connectivity index (χ3n) is 2.83. The zero-order valence-electron chi connectivity index (χ0n) is 11.0. The molecule has 2 unspecified atom stereocenters. The van der Waals surface area contributed by atoms with Crippen molar-refractivity contribution in [3.8, 4) is 0 Å². The summed E-state index contributed by atoms with van der Waals surface area (Å²) in [4.78, 5) is 11.0. The molecule has 18 heavy (non-hydrogen) atoms. The summed E-state index contributed by atoms with van der Waals surface area (Å²) in [5.74, 6) is -0.736. The third-order valence-corrected chi connectivity index (χ3v) is 4.58. The van der Waals surface area contributed by atoms with Crippen molar-refractivity contribution in [1.29, 1.82) is 0 Å². The van der Waals surface area contributed by atoms with Gasteiger partial charge in [-0.15, -0.1) is 0 Å². The van der Waals surface area contributed by atoms with Crippen LogP contribution in [0.4, 0.5) is 0 Å². The summed E-state index contributed by atoms with van der Waals surface area (Å²) in [5.41, 5.74) is 1.81. The van der Waals surface area contributed by atoms with Crippen LogP contribution in [0.1, 0.15) is 38.6 Å². The molecule has 0 saturated carbocycles. The van der Waals surface area contributed by atoms with Gasteiger partial charge in [-0.2, -0.15) is 5.10 Å². The van der Waals surface area contributed by atoms with Crippen molar-refractivity contribution < 1.29 is 14.1 Å². The first-order valence-electron chi connectivity index (χ1n) is 6.18. The number of rotatable bonds is 7. The zero-order valence-corrected chi connectivity index (χ0v) is 11.9. The first-order chi connectivity index (χ1) is 8.53. The molecular weight excluding hydrogens is 252 g/mol. The highest BCUT2D eigenvalue weighted by Crippen LogP contribution is 2.12. The van der Waals surface area contributed by atoms with Gasteiger partial charge in [-0.25, -0.2) is 0 Å². The van der Waals surface area contributed by atoms with Gasteiger partial charge in [-0.05, 0) is 25.8 Å². The zero-order chi connectivity index (χ0) is 13.7. The number of nitrogens with zero attached hydrogens (tertiary/aromatic N) is 2. The maximum atomic E-state index is 12.0. The molecule has 1 heterocycles. The lowest BCUT2D eigenvalue weighted by molar-refractivity contribution is -0.136. The van der Waals surface area contributed by atoms with Gasteiger partial charge in [0.1, 0.15) is 5.25 Å². The summed E-state index contributed by atoms with van der Waals surface area (Å²) in [7, 11) is -1.40. The van der Waals surface area contributed by atoms with Gasteiger partial charge in [0.2, 0.25) is 0 Å². The standard InChI is InChI=1S/C12H20N2O3S/c1-4-9-7-10(14(6-3)13-9)8-18(17)11(5-2)12(15)16/h7,11H,4-6,8H2,1-3H3,(H,15,16). The molecule has 1 rings (SSSR count). The molecule has 0 spiro atoms. The van der Waals surface area contributed by atoms with E-state index in [1.807, 2.05) is 19.9 Å². The van der Waals surface area contributed by atoms with Crippen molar-refractivity contribution in [2.45, 2.75) is 51.2 Å². The Hall–Kier alpha value is -1.17. The molecule has 5 nitrogen and oxygen atoms in total. The minimum absolute atomic E-state index is 0.256. The summed E-state index contributed by atoms with van der Waals surface area (Å²) in [6.07, 6.45) is 1.20. The average Bonchev–Trinajstić information content (AvgIpc) is 2.71. The molecular formula is C12H20N2O3S. The van der Waals surface area contributed by atoms with E-state index in [4.69, 9.17) is 5.11 Å². The summed E-state index contributed by atoms with van der Waals surface area (Å²) in [6, 6.07) is 1.91. The molecule has 0 aliphatic carbocycles. The lowest BCUT2D eigenvalue weighted by Gasteiger charge is -2.10. The molecule has 1 aromatic rings. The van der Waals surface area contributed by atoms with E-state index in [2.05, 4.69) is 5.10 Å². The van der Waals surface area contributed by atoms with Crippen LogP contribution in [-0.4, -0.2) is 30.3 Å². The van der Waals surface area contributed by atoms with Gasteiger partial charge in [-0.3, -0.25) is 13.7 Å². The Morgan fingerprint density at radius 2 is 2.17 bits per heavy atom. The van der Waals surface area contributed by atoms with Crippen LogP contribution in [-0.2, 0) is 34.3 Å². The molecule has 0 saturated heterocycles. The molecule has 0 bridgehead atoms. The molecule has 0 amide bonds. The Bertz CT molecular complexity index is 443. The molecule has 1 N–H and O–H groups in total. The van der Waals surface area contributed by atoms with Gasteiger partial charge in [0.25, 0.3) is 0 Å². The van der Waals surface area contributed by atoms with Gasteiger partial charge in [0.05, 0.1) is 17.1 Å². The molecule has 0 aliphatic heterocycles. The Morgan fingerprint density at radius 3 is 2.61 bits per heavy atom. The highest BCUT2D eigenvalue weighted by atomic mass is 32.2. The Balaban J connectivity index is 2.86. The second-order valence-electron chi connectivity index (χ2n) is 4.06. The van der Waals surface area contributed by atoms with Crippen molar-refractivity contribution in [2.75, 3.05) is 0 Å². The van der Waals surface area contributed by atoms with E-state index in [1.165, 1.54) is 0 Å². The number of aromatic nitrogens is 2. The fraction of sp³-hybridized carbons (Fsp3) is 0.667. The van der Waals surface area contributed by atoms with E-state index in [0.29, 0.717) is 13.0 Å². The quantitative estimate of drug-likeness (QED) is 0.818. The Morgan fingerprint density at radius 1 is 1.50 bits per heavy atom. The second-order valence-corrected chi connectivity index (χ2v) is 5.68. The highest BCUT2D eigenvalue weighted by Gasteiger charge is 2.23. The Labute approximate surface area is 110 Å². The van der Waals surface area contributed by atoms with E-state index in [0.717, 1.165) is 17.8 Å². The largest absolute Gasteiger partial charge is 0.480 e. The van der Waals surface area contributed by atoms with Gasteiger partial charge < -0.3 is 5.11 Å². The fourth-order valence-corrected chi connectivity index (χ4v) is 3.12. The van der Waals surface area contributed by atoms with Gasteiger partial charge in [0.15, 0.2) is 0 Å². The molecule has 2 atom stereocenters. The van der Waals surface area contributed by atoms with E-state index in [1.54, 1.807) is 11.6 Å². The summed E-state index contributed by atoms with van der Waals surface area (Å²) < 4.78 is 13.8. The highest BCUT2D eigenvalue weighted by molar-refractivity contribution is 7.85. The SMILES string of the molecule is CCc1cc(CS(=O)C(CC)C(=O)O)n(CC)n1. The van der Waals surface area contributed by atoms with Crippen molar-refractivity contribution in [3.05, 3.63) is 17.5 Å². The van der Waals surface area contributed by atoms with E-state index in [9.17, 15) is 9.00 Å². The van der Waals surface area contributed by atoms with Crippen molar-refractivity contribution in [2.24, 2.45) is 0 Å². The topological polar surface area (TPSA) is 72.2 Å².